The molecule has 1 amide bonds. The van der Waals surface area contributed by atoms with Gasteiger partial charge in [-0.05, 0) is 29.8 Å². The highest BCUT2D eigenvalue weighted by molar-refractivity contribution is 6.34. The highest BCUT2D eigenvalue weighted by Gasteiger charge is 2.36. The van der Waals surface area contributed by atoms with Crippen molar-refractivity contribution in [3.8, 4) is 24.0 Å². The molecule has 0 aliphatic carbocycles. The lowest BCUT2D eigenvalue weighted by atomic mass is 9.97. The second-order valence-corrected chi connectivity index (χ2v) is 8.90. The van der Waals surface area contributed by atoms with E-state index in [1.807, 2.05) is 29.2 Å². The minimum atomic E-state index is -0.420. The predicted molar refractivity (Wildman–Crippen MR) is 142 cm³/mol. The number of allylic oxidation sites excluding steroid dienone is 1. The number of nitriles is 3. The predicted octanol–water partition coefficient (Wildman–Crippen LogP) is 3.60. The van der Waals surface area contributed by atoms with Crippen molar-refractivity contribution in [1.29, 1.82) is 15.8 Å². The molecule has 0 N–H and O–H groups in total. The summed E-state index contributed by atoms with van der Waals surface area (Å²) in [5.41, 5.74) is 3.12. The van der Waals surface area contributed by atoms with Crippen LogP contribution in [0.1, 0.15) is 30.1 Å². The first-order valence-electron chi connectivity index (χ1n) is 12.1. The standard InChI is InChI=1S/C28H27N7O3/c1-33(2)27-26(28(36)35(32-27)20-8-6-19(7-9-20)25-18-38-25)23(17-31)22-11-10-21(16-24(22)37-3)34(14-4-12-29)15-5-13-30/h6-11,16,25H,4-5,14-15,18H2,1-3H3/b26-23-. The van der Waals surface area contributed by atoms with E-state index in [0.717, 1.165) is 11.3 Å². The van der Waals surface area contributed by atoms with Crippen LogP contribution in [0.15, 0.2) is 53.1 Å². The lowest BCUT2D eigenvalue weighted by Crippen LogP contribution is -2.26. The molecule has 38 heavy (non-hydrogen) atoms. The summed E-state index contributed by atoms with van der Waals surface area (Å²) in [6, 6.07) is 19.2. The van der Waals surface area contributed by atoms with Crippen LogP contribution >= 0.6 is 0 Å². The topological polar surface area (TPSA) is 132 Å². The molecule has 2 aliphatic rings. The van der Waals surface area contributed by atoms with Crippen molar-refractivity contribution in [1.82, 2.24) is 4.90 Å². The summed E-state index contributed by atoms with van der Waals surface area (Å²) in [4.78, 5) is 17.3. The van der Waals surface area contributed by atoms with Crippen molar-refractivity contribution in [3.05, 3.63) is 59.2 Å². The van der Waals surface area contributed by atoms with Crippen molar-refractivity contribution in [2.24, 2.45) is 5.10 Å². The van der Waals surface area contributed by atoms with Gasteiger partial charge in [0.15, 0.2) is 5.84 Å². The van der Waals surface area contributed by atoms with Crippen LogP contribution in [0.4, 0.5) is 11.4 Å². The van der Waals surface area contributed by atoms with Gasteiger partial charge in [0, 0.05) is 44.5 Å². The van der Waals surface area contributed by atoms with E-state index in [1.54, 1.807) is 37.2 Å². The van der Waals surface area contributed by atoms with E-state index in [9.17, 15) is 10.1 Å². The molecule has 0 aromatic heterocycles. The molecule has 0 radical (unpaired) electrons. The zero-order valence-corrected chi connectivity index (χ0v) is 21.5. The normalized spacial score (nSPS) is 17.2. The Balaban J connectivity index is 1.74. The van der Waals surface area contributed by atoms with E-state index in [2.05, 4.69) is 23.3 Å². The van der Waals surface area contributed by atoms with E-state index in [1.165, 1.54) is 12.1 Å². The molecule has 2 aromatic carbocycles. The molecule has 1 unspecified atom stereocenters. The number of ether oxygens (including phenoxy) is 2. The van der Waals surface area contributed by atoms with Crippen LogP contribution < -0.4 is 14.6 Å². The summed E-state index contributed by atoms with van der Waals surface area (Å²) in [6.45, 7) is 1.59. The highest BCUT2D eigenvalue weighted by Crippen LogP contribution is 2.37. The Hall–Kier alpha value is -4.85. The van der Waals surface area contributed by atoms with Crippen LogP contribution in [0.25, 0.3) is 5.57 Å². The van der Waals surface area contributed by atoms with Gasteiger partial charge in [0.25, 0.3) is 5.91 Å². The lowest BCUT2D eigenvalue weighted by molar-refractivity contribution is -0.114. The van der Waals surface area contributed by atoms with Gasteiger partial charge < -0.3 is 19.3 Å². The fourth-order valence-corrected chi connectivity index (χ4v) is 4.24. The summed E-state index contributed by atoms with van der Waals surface area (Å²) < 4.78 is 11.0. The van der Waals surface area contributed by atoms with E-state index in [4.69, 9.17) is 20.0 Å². The third-order valence-electron chi connectivity index (χ3n) is 6.26. The number of amidine groups is 1. The quantitative estimate of drug-likeness (QED) is 0.285. The average Bonchev–Trinajstić information content (AvgIpc) is 3.73. The highest BCUT2D eigenvalue weighted by atomic mass is 16.6. The zero-order valence-electron chi connectivity index (χ0n) is 21.5. The number of methoxy groups -OCH3 is 1. The van der Waals surface area contributed by atoms with Gasteiger partial charge in [0.2, 0.25) is 0 Å². The molecular formula is C28H27N7O3. The number of hydrogen-bond donors (Lipinski definition) is 0. The maximum atomic E-state index is 13.7. The molecule has 1 fully saturated rings. The molecule has 2 heterocycles. The maximum absolute atomic E-state index is 13.7. The number of benzene rings is 2. The fourth-order valence-electron chi connectivity index (χ4n) is 4.24. The fraction of sp³-hybridized carbons (Fsp3) is 0.321. The average molecular weight is 510 g/mol. The lowest BCUT2D eigenvalue weighted by Gasteiger charge is -2.24. The summed E-state index contributed by atoms with van der Waals surface area (Å²) in [7, 11) is 5.02. The number of rotatable bonds is 9. The minimum absolute atomic E-state index is 0.103. The molecule has 10 heteroatoms. The SMILES string of the molecule is COc1cc(N(CCC#N)CCC#N)ccc1/C(C#N)=C1\C(=O)N(c2ccc(C3CO3)cc2)N=C1N(C)C. The van der Waals surface area contributed by atoms with Gasteiger partial charge in [-0.1, -0.05) is 12.1 Å². The van der Waals surface area contributed by atoms with Gasteiger partial charge in [-0.2, -0.15) is 20.8 Å². The largest absolute Gasteiger partial charge is 0.496 e. The molecule has 2 aliphatic heterocycles. The third kappa shape index (κ3) is 5.29. The smallest absolute Gasteiger partial charge is 0.283 e. The number of hydrazone groups is 1. The maximum Gasteiger partial charge on any atom is 0.283 e. The Bertz CT molecular complexity index is 1390. The Morgan fingerprint density at radius 3 is 2.29 bits per heavy atom. The van der Waals surface area contributed by atoms with E-state index in [-0.39, 0.29) is 17.3 Å². The first-order valence-corrected chi connectivity index (χ1v) is 12.1. The van der Waals surface area contributed by atoms with Crippen molar-refractivity contribution >= 4 is 28.7 Å². The number of hydrogen-bond acceptors (Lipinski definition) is 9. The first-order chi connectivity index (χ1) is 18.4. The molecule has 4 rings (SSSR count). The minimum Gasteiger partial charge on any atom is -0.496 e. The molecule has 1 atom stereocenters. The molecule has 10 nitrogen and oxygen atoms in total. The molecule has 0 spiro atoms. The van der Waals surface area contributed by atoms with Crippen LogP contribution in [0, 0.1) is 34.0 Å². The van der Waals surface area contributed by atoms with Gasteiger partial charge in [-0.15, -0.1) is 5.10 Å². The number of epoxide rings is 1. The molecule has 0 bridgehead atoms. The van der Waals surface area contributed by atoms with Crippen molar-refractivity contribution < 1.29 is 14.3 Å². The van der Waals surface area contributed by atoms with E-state index >= 15 is 0 Å². The van der Waals surface area contributed by atoms with Gasteiger partial charge in [-0.3, -0.25) is 4.79 Å². The van der Waals surface area contributed by atoms with Crippen molar-refractivity contribution in [2.75, 3.05) is 50.8 Å². The van der Waals surface area contributed by atoms with Crippen molar-refractivity contribution in [2.45, 2.75) is 18.9 Å². The van der Waals surface area contributed by atoms with E-state index in [0.29, 0.717) is 55.4 Å². The summed E-state index contributed by atoms with van der Waals surface area (Å²) in [6.07, 6.45) is 0.695. The van der Waals surface area contributed by atoms with Crippen molar-refractivity contribution in [3.63, 3.8) is 0 Å². The second-order valence-electron chi connectivity index (χ2n) is 8.90. The number of nitrogens with zero attached hydrogens (tertiary/aromatic N) is 7. The van der Waals surface area contributed by atoms with Gasteiger partial charge >= 0.3 is 0 Å². The third-order valence-corrected chi connectivity index (χ3v) is 6.26. The number of amides is 1. The molecular weight excluding hydrogens is 482 g/mol. The van der Waals surface area contributed by atoms with Crippen LogP contribution in [0.2, 0.25) is 0 Å². The van der Waals surface area contributed by atoms with Gasteiger partial charge in [0.1, 0.15) is 23.5 Å². The summed E-state index contributed by atoms with van der Waals surface area (Å²) >= 11 is 0. The van der Waals surface area contributed by atoms with Crippen LogP contribution in [-0.4, -0.2) is 57.5 Å². The van der Waals surface area contributed by atoms with Crippen LogP contribution in [-0.2, 0) is 9.53 Å². The Labute approximate surface area is 221 Å². The zero-order chi connectivity index (χ0) is 27.2. The Morgan fingerprint density at radius 1 is 1.11 bits per heavy atom. The number of likely N-dealkylation sites (N-methyl/N-ethyl adjacent to an activating group) is 1. The monoisotopic (exact) mass is 509 g/mol. The van der Waals surface area contributed by atoms with Crippen LogP contribution in [0.3, 0.4) is 0 Å². The molecule has 0 saturated carbocycles. The number of anilines is 2. The first kappa shape index (κ1) is 26.2. The number of carbonyl (C=O) groups excluding carboxylic acids is 1. The Morgan fingerprint density at radius 2 is 1.76 bits per heavy atom. The number of carbonyl (C=O) groups is 1. The molecule has 192 valence electrons. The second kappa shape index (κ2) is 11.5. The summed E-state index contributed by atoms with van der Waals surface area (Å²) in [5.74, 6) is 0.331. The van der Waals surface area contributed by atoms with Crippen LogP contribution in [0.5, 0.6) is 5.75 Å². The summed E-state index contributed by atoms with van der Waals surface area (Å²) in [5, 5.41) is 34.2. The molecule has 1 saturated heterocycles. The van der Waals surface area contributed by atoms with Gasteiger partial charge in [0.05, 0.1) is 50.0 Å². The van der Waals surface area contributed by atoms with Gasteiger partial charge in [-0.25, -0.2) is 0 Å². The molecule has 2 aromatic rings. The van der Waals surface area contributed by atoms with E-state index < -0.39 is 5.91 Å². The Kier molecular flexibility index (Phi) is 7.91.